The number of aryl methyl sites for hydroxylation is 1. The normalized spacial score (nSPS) is 19.4. The lowest BCUT2D eigenvalue weighted by molar-refractivity contribution is -0.134. The largest absolute Gasteiger partial charge is 0.348 e. The van der Waals surface area contributed by atoms with Crippen LogP contribution in [0.3, 0.4) is 0 Å². The molecule has 0 unspecified atom stereocenters. The van der Waals surface area contributed by atoms with Crippen molar-refractivity contribution < 1.29 is 4.79 Å². The average molecular weight is 371 g/mol. The fourth-order valence-electron chi connectivity index (χ4n) is 4.78. The molecule has 2 aliphatic rings. The first-order valence-corrected chi connectivity index (χ1v) is 10.3. The van der Waals surface area contributed by atoms with Gasteiger partial charge in [-0.3, -0.25) is 14.4 Å². The molecule has 0 atom stereocenters. The molecule has 1 N–H and O–H groups in total. The van der Waals surface area contributed by atoms with Crippen molar-refractivity contribution in [3.05, 3.63) is 36.2 Å². The summed E-state index contributed by atoms with van der Waals surface area (Å²) in [5.74, 6) is 0.275. The van der Waals surface area contributed by atoms with Crippen molar-refractivity contribution in [2.45, 2.75) is 57.5 Å². The minimum atomic E-state index is 0.00936. The monoisotopic (exact) mass is 370 g/mol. The first-order valence-electron chi connectivity index (χ1n) is 10.3. The fraction of sp³-hybridized carbons (Fsp3) is 0.650. The highest BCUT2D eigenvalue weighted by atomic mass is 16.2. The minimum absolute atomic E-state index is 0.00936. The maximum absolute atomic E-state index is 12.7. The van der Waals surface area contributed by atoms with Gasteiger partial charge in [0.2, 0.25) is 5.91 Å². The zero-order chi connectivity index (χ0) is 18.7. The van der Waals surface area contributed by atoms with Gasteiger partial charge in [-0.1, -0.05) is 6.92 Å². The third kappa shape index (κ3) is 3.52. The van der Waals surface area contributed by atoms with Gasteiger partial charge in [0, 0.05) is 57.1 Å². The number of rotatable bonds is 6. The number of carbonyl (C=O) groups is 1. The van der Waals surface area contributed by atoms with Gasteiger partial charge < -0.3 is 9.88 Å². The van der Waals surface area contributed by atoms with Gasteiger partial charge in [-0.05, 0) is 38.3 Å². The maximum atomic E-state index is 12.7. The molecule has 0 aliphatic carbocycles. The lowest BCUT2D eigenvalue weighted by atomic mass is 9.78. The van der Waals surface area contributed by atoms with Gasteiger partial charge in [-0.25, -0.2) is 4.98 Å². The lowest BCUT2D eigenvalue weighted by Gasteiger charge is -2.50. The third-order valence-corrected chi connectivity index (χ3v) is 6.17. The molecule has 7 nitrogen and oxygen atoms in total. The van der Waals surface area contributed by atoms with Crippen LogP contribution in [0.1, 0.15) is 50.4 Å². The van der Waals surface area contributed by atoms with E-state index in [1.807, 2.05) is 23.3 Å². The number of aromatic amines is 1. The van der Waals surface area contributed by atoms with Crippen LogP contribution in [0.25, 0.3) is 0 Å². The SMILES string of the molecule is CCCN1CCc2[nH]cnc2C12CCN(C(=O)CCCn1cccn1)CC2. The van der Waals surface area contributed by atoms with E-state index in [2.05, 4.69) is 26.8 Å². The summed E-state index contributed by atoms with van der Waals surface area (Å²) in [6.07, 6.45) is 11.2. The Morgan fingerprint density at radius 1 is 1.26 bits per heavy atom. The Bertz CT molecular complexity index is 744. The lowest BCUT2D eigenvalue weighted by Crippen LogP contribution is -2.57. The summed E-state index contributed by atoms with van der Waals surface area (Å²) < 4.78 is 1.89. The van der Waals surface area contributed by atoms with Gasteiger partial charge in [0.1, 0.15) is 0 Å². The van der Waals surface area contributed by atoms with Crippen LogP contribution in [-0.4, -0.2) is 61.6 Å². The minimum Gasteiger partial charge on any atom is -0.348 e. The van der Waals surface area contributed by atoms with E-state index in [1.54, 1.807) is 6.20 Å². The summed E-state index contributed by atoms with van der Waals surface area (Å²) in [5, 5.41) is 4.20. The van der Waals surface area contributed by atoms with Gasteiger partial charge in [0.25, 0.3) is 0 Å². The van der Waals surface area contributed by atoms with Crippen LogP contribution >= 0.6 is 0 Å². The second kappa shape index (κ2) is 7.84. The van der Waals surface area contributed by atoms with Crippen LogP contribution in [0.2, 0.25) is 0 Å². The van der Waals surface area contributed by atoms with Crippen molar-refractivity contribution in [2.75, 3.05) is 26.2 Å². The van der Waals surface area contributed by atoms with E-state index in [1.165, 1.54) is 11.4 Å². The molecule has 146 valence electrons. The fourth-order valence-corrected chi connectivity index (χ4v) is 4.78. The summed E-state index contributed by atoms with van der Waals surface area (Å²) in [7, 11) is 0. The van der Waals surface area contributed by atoms with Crippen molar-refractivity contribution in [2.24, 2.45) is 0 Å². The number of aromatic nitrogens is 4. The van der Waals surface area contributed by atoms with E-state index in [-0.39, 0.29) is 11.4 Å². The number of likely N-dealkylation sites (tertiary alicyclic amines) is 1. The first kappa shape index (κ1) is 18.2. The van der Waals surface area contributed by atoms with Crippen molar-refractivity contribution in [1.29, 1.82) is 0 Å². The highest BCUT2D eigenvalue weighted by Gasteiger charge is 2.46. The molecule has 4 rings (SSSR count). The molecule has 0 saturated carbocycles. The zero-order valence-corrected chi connectivity index (χ0v) is 16.2. The zero-order valence-electron chi connectivity index (χ0n) is 16.2. The number of nitrogens with zero attached hydrogens (tertiary/aromatic N) is 5. The van der Waals surface area contributed by atoms with Crippen molar-refractivity contribution >= 4 is 5.91 Å². The van der Waals surface area contributed by atoms with Gasteiger partial charge in [0.05, 0.1) is 17.6 Å². The molecule has 2 aliphatic heterocycles. The molecule has 0 radical (unpaired) electrons. The Labute approximate surface area is 160 Å². The number of hydrogen-bond acceptors (Lipinski definition) is 4. The highest BCUT2D eigenvalue weighted by molar-refractivity contribution is 5.76. The van der Waals surface area contributed by atoms with E-state index in [4.69, 9.17) is 4.98 Å². The number of imidazole rings is 1. The summed E-state index contributed by atoms with van der Waals surface area (Å²) in [4.78, 5) is 25.4. The van der Waals surface area contributed by atoms with E-state index in [9.17, 15) is 4.79 Å². The topological polar surface area (TPSA) is 70.1 Å². The highest BCUT2D eigenvalue weighted by Crippen LogP contribution is 2.42. The van der Waals surface area contributed by atoms with E-state index in [0.29, 0.717) is 6.42 Å². The van der Waals surface area contributed by atoms with Gasteiger partial charge >= 0.3 is 0 Å². The molecule has 27 heavy (non-hydrogen) atoms. The second-order valence-electron chi connectivity index (χ2n) is 7.75. The maximum Gasteiger partial charge on any atom is 0.222 e. The predicted octanol–water partition coefficient (Wildman–Crippen LogP) is 2.17. The van der Waals surface area contributed by atoms with E-state index >= 15 is 0 Å². The molecule has 1 amide bonds. The average Bonchev–Trinajstić information content (AvgIpc) is 3.37. The van der Waals surface area contributed by atoms with Gasteiger partial charge in [-0.2, -0.15) is 5.10 Å². The van der Waals surface area contributed by atoms with Gasteiger partial charge in [0.15, 0.2) is 0 Å². The summed E-state index contributed by atoms with van der Waals surface area (Å²) >= 11 is 0. The molecule has 7 heteroatoms. The molecule has 1 spiro atoms. The molecule has 1 fully saturated rings. The molecule has 2 aromatic rings. The van der Waals surface area contributed by atoms with Crippen LogP contribution in [0, 0.1) is 0 Å². The van der Waals surface area contributed by atoms with Crippen LogP contribution < -0.4 is 0 Å². The van der Waals surface area contributed by atoms with Crippen molar-refractivity contribution in [1.82, 2.24) is 29.5 Å². The Kier molecular flexibility index (Phi) is 5.29. The Hall–Kier alpha value is -2.15. The Morgan fingerprint density at radius 2 is 2.11 bits per heavy atom. The van der Waals surface area contributed by atoms with Crippen LogP contribution in [-0.2, 0) is 23.3 Å². The van der Waals surface area contributed by atoms with Crippen LogP contribution in [0.5, 0.6) is 0 Å². The first-order chi connectivity index (χ1) is 13.2. The number of fused-ring (bicyclic) bond motifs is 2. The number of amides is 1. The van der Waals surface area contributed by atoms with Crippen LogP contribution in [0.15, 0.2) is 24.8 Å². The van der Waals surface area contributed by atoms with Crippen LogP contribution in [0.4, 0.5) is 0 Å². The van der Waals surface area contributed by atoms with Crippen molar-refractivity contribution in [3.63, 3.8) is 0 Å². The number of piperidine rings is 1. The number of nitrogens with one attached hydrogen (secondary N) is 1. The third-order valence-electron chi connectivity index (χ3n) is 6.17. The molecule has 1 saturated heterocycles. The summed E-state index contributed by atoms with van der Waals surface area (Å²) in [6.45, 7) is 6.88. The Balaban J connectivity index is 1.37. The van der Waals surface area contributed by atoms with Crippen molar-refractivity contribution in [3.8, 4) is 0 Å². The number of carbonyl (C=O) groups excluding carboxylic acids is 1. The Morgan fingerprint density at radius 3 is 2.85 bits per heavy atom. The molecule has 4 heterocycles. The van der Waals surface area contributed by atoms with E-state index < -0.39 is 0 Å². The van der Waals surface area contributed by atoms with E-state index in [0.717, 1.165) is 64.8 Å². The molecule has 2 aromatic heterocycles. The van der Waals surface area contributed by atoms with Gasteiger partial charge in [-0.15, -0.1) is 0 Å². The predicted molar refractivity (Wildman–Crippen MR) is 103 cm³/mol. The summed E-state index contributed by atoms with van der Waals surface area (Å²) in [6, 6.07) is 1.92. The molecule has 0 bridgehead atoms. The quantitative estimate of drug-likeness (QED) is 0.846. The molecule has 0 aromatic carbocycles. The smallest absolute Gasteiger partial charge is 0.222 e. The molecular weight excluding hydrogens is 340 g/mol. The standard InChI is InChI=1S/C20H30N6O/c1-2-10-25-13-6-17-19(22-16-21-17)20(25)7-14-24(15-8-20)18(27)5-3-11-26-12-4-9-23-26/h4,9,12,16H,2-3,5-8,10-11,13-15H2,1H3,(H,21,22). The summed E-state index contributed by atoms with van der Waals surface area (Å²) in [5.41, 5.74) is 2.53. The number of hydrogen-bond donors (Lipinski definition) is 1. The molecular formula is C20H30N6O. The number of H-pyrrole nitrogens is 1. The second-order valence-corrected chi connectivity index (χ2v) is 7.75.